The van der Waals surface area contributed by atoms with E-state index in [1.165, 1.54) is 24.6 Å². The lowest BCUT2D eigenvalue weighted by Crippen LogP contribution is -2.11. The summed E-state index contributed by atoms with van der Waals surface area (Å²) in [6, 6.07) is 9.39. The number of nitrogens with zero attached hydrogens (tertiary/aromatic N) is 6. The zero-order chi connectivity index (χ0) is 19.1. The average molecular weight is 379 g/mol. The first-order chi connectivity index (χ1) is 13.0. The molecule has 27 heavy (non-hydrogen) atoms. The van der Waals surface area contributed by atoms with E-state index in [0.29, 0.717) is 16.5 Å². The molecule has 0 atom stereocenters. The molecule has 134 valence electrons. The first-order valence-electron chi connectivity index (χ1n) is 7.82. The minimum Gasteiger partial charge on any atom is -0.464 e. The average Bonchev–Trinajstić information content (AvgIpc) is 3.35. The fraction of sp³-hybridized carbons (Fsp3) is 0.118. The van der Waals surface area contributed by atoms with Gasteiger partial charge < -0.3 is 15.0 Å². The molecule has 4 aromatic rings. The summed E-state index contributed by atoms with van der Waals surface area (Å²) in [4.78, 5) is 12.9. The molecule has 9 nitrogen and oxygen atoms in total. The number of carbonyl (C=O) groups is 1. The van der Waals surface area contributed by atoms with Gasteiger partial charge in [0.05, 0.1) is 18.4 Å². The molecule has 10 heteroatoms. The van der Waals surface area contributed by atoms with Crippen LogP contribution < -0.4 is 5.73 Å². The second-order valence-corrected chi connectivity index (χ2v) is 6.63. The number of benzene rings is 1. The Morgan fingerprint density at radius 3 is 2.89 bits per heavy atom. The Morgan fingerprint density at radius 1 is 1.37 bits per heavy atom. The van der Waals surface area contributed by atoms with Crippen LogP contribution in [0.2, 0.25) is 0 Å². The van der Waals surface area contributed by atoms with Crippen LogP contribution in [0.3, 0.4) is 0 Å². The Kier molecular flexibility index (Phi) is 3.86. The summed E-state index contributed by atoms with van der Waals surface area (Å²) in [7, 11) is 1.27. The van der Waals surface area contributed by atoms with E-state index >= 15 is 0 Å². The van der Waals surface area contributed by atoms with Gasteiger partial charge in [-0.1, -0.05) is 23.5 Å². The molecular weight excluding hydrogens is 366 g/mol. The number of ether oxygens (including phenoxy) is 1. The summed E-state index contributed by atoms with van der Waals surface area (Å²) in [6.45, 7) is 1.83. The smallest absolute Gasteiger partial charge is 0.357 e. The van der Waals surface area contributed by atoms with Crippen molar-refractivity contribution in [3.8, 4) is 22.3 Å². The summed E-state index contributed by atoms with van der Waals surface area (Å²) in [6.07, 6.45) is 1.52. The molecule has 0 aliphatic rings. The fourth-order valence-corrected chi connectivity index (χ4v) is 3.62. The minimum atomic E-state index is -0.617. The second kappa shape index (κ2) is 6.22. The SMILES string of the molecule is COC(=O)c1c(N)c(C#N)cn1-c1cccc(-c2nn3c(C)nnc3s2)c1. The molecule has 0 aliphatic heterocycles. The number of anilines is 1. The van der Waals surface area contributed by atoms with Crippen LogP contribution >= 0.6 is 11.3 Å². The van der Waals surface area contributed by atoms with E-state index < -0.39 is 5.97 Å². The van der Waals surface area contributed by atoms with Gasteiger partial charge in [-0.25, -0.2) is 4.79 Å². The molecule has 0 amide bonds. The molecule has 0 saturated heterocycles. The number of carbonyl (C=O) groups excluding carboxylic acids is 1. The topological polar surface area (TPSA) is 124 Å². The van der Waals surface area contributed by atoms with E-state index in [2.05, 4.69) is 15.3 Å². The third-order valence-electron chi connectivity index (χ3n) is 4.06. The monoisotopic (exact) mass is 379 g/mol. The molecule has 3 aromatic heterocycles. The quantitative estimate of drug-likeness (QED) is 0.541. The number of aryl methyl sites for hydroxylation is 1. The molecule has 0 saturated carbocycles. The van der Waals surface area contributed by atoms with Gasteiger partial charge in [-0.05, 0) is 19.1 Å². The van der Waals surface area contributed by atoms with Crippen molar-refractivity contribution in [1.29, 1.82) is 5.26 Å². The molecule has 0 spiro atoms. The number of nitrogens with two attached hydrogens (primary N) is 1. The largest absolute Gasteiger partial charge is 0.464 e. The predicted molar refractivity (Wildman–Crippen MR) is 98.6 cm³/mol. The predicted octanol–water partition coefficient (Wildman–Crippen LogP) is 2.19. The summed E-state index contributed by atoms with van der Waals surface area (Å²) in [5, 5.41) is 22.6. The lowest BCUT2D eigenvalue weighted by molar-refractivity contribution is 0.0593. The van der Waals surface area contributed by atoms with Gasteiger partial charge in [-0.3, -0.25) is 0 Å². The van der Waals surface area contributed by atoms with Crippen LogP contribution in [0, 0.1) is 18.3 Å². The van der Waals surface area contributed by atoms with E-state index in [4.69, 9.17) is 10.5 Å². The summed E-state index contributed by atoms with van der Waals surface area (Å²) >= 11 is 1.40. The lowest BCUT2D eigenvalue weighted by Gasteiger charge is -2.09. The number of nitriles is 1. The van der Waals surface area contributed by atoms with Gasteiger partial charge >= 0.3 is 5.97 Å². The zero-order valence-corrected chi connectivity index (χ0v) is 15.2. The number of rotatable bonds is 3. The molecule has 3 heterocycles. The van der Waals surface area contributed by atoms with Crippen molar-refractivity contribution < 1.29 is 9.53 Å². The Morgan fingerprint density at radius 2 is 2.19 bits per heavy atom. The lowest BCUT2D eigenvalue weighted by atomic mass is 10.2. The molecule has 2 N–H and O–H groups in total. The highest BCUT2D eigenvalue weighted by Gasteiger charge is 2.22. The Bertz CT molecular complexity index is 1230. The first kappa shape index (κ1) is 16.7. The van der Waals surface area contributed by atoms with Crippen molar-refractivity contribution in [2.75, 3.05) is 12.8 Å². The molecule has 0 aliphatic carbocycles. The molecular formula is C17H13N7O2S. The molecule has 1 aromatic carbocycles. The molecule has 0 fully saturated rings. The standard InChI is InChI=1S/C17H13N7O2S/c1-9-20-21-17-24(9)22-15(27-17)10-4-3-5-12(6-10)23-8-11(7-18)13(19)14(23)16(25)26-2/h3-6,8H,19H2,1-2H3. The van der Waals surface area contributed by atoms with Crippen molar-refractivity contribution in [1.82, 2.24) is 24.4 Å². The fourth-order valence-electron chi connectivity index (χ4n) is 2.74. The Balaban J connectivity index is 1.86. The van der Waals surface area contributed by atoms with E-state index in [9.17, 15) is 10.1 Å². The van der Waals surface area contributed by atoms with Crippen molar-refractivity contribution >= 4 is 28.0 Å². The number of nitrogen functional groups attached to an aromatic ring is 1. The minimum absolute atomic E-state index is 0.0872. The van der Waals surface area contributed by atoms with Crippen molar-refractivity contribution in [2.24, 2.45) is 0 Å². The highest BCUT2D eigenvalue weighted by molar-refractivity contribution is 7.19. The highest BCUT2D eigenvalue weighted by Crippen LogP contribution is 2.29. The third-order valence-corrected chi connectivity index (χ3v) is 5.01. The van der Waals surface area contributed by atoms with Gasteiger partial charge in [0.15, 0.2) is 11.5 Å². The Hall–Kier alpha value is -3.71. The maximum absolute atomic E-state index is 12.2. The van der Waals surface area contributed by atoms with Crippen LogP contribution in [0.5, 0.6) is 0 Å². The van der Waals surface area contributed by atoms with Gasteiger partial charge in [0.1, 0.15) is 11.1 Å². The summed E-state index contributed by atoms with van der Waals surface area (Å²) in [5.41, 5.74) is 7.85. The number of esters is 1. The number of fused-ring (bicyclic) bond motifs is 1. The van der Waals surface area contributed by atoms with Gasteiger partial charge in [-0.2, -0.15) is 14.9 Å². The number of methoxy groups -OCH3 is 1. The van der Waals surface area contributed by atoms with Crippen molar-refractivity contribution in [2.45, 2.75) is 6.92 Å². The summed E-state index contributed by atoms with van der Waals surface area (Å²) < 4.78 is 8.04. The molecule has 0 radical (unpaired) electrons. The van der Waals surface area contributed by atoms with Gasteiger partial charge in [-0.15, -0.1) is 10.2 Å². The van der Waals surface area contributed by atoms with Crippen LogP contribution in [-0.4, -0.2) is 37.5 Å². The van der Waals surface area contributed by atoms with E-state index in [1.807, 2.05) is 37.3 Å². The van der Waals surface area contributed by atoms with Gasteiger partial charge in [0.25, 0.3) is 0 Å². The van der Waals surface area contributed by atoms with Crippen LogP contribution in [0.4, 0.5) is 5.69 Å². The third kappa shape index (κ3) is 2.61. The zero-order valence-electron chi connectivity index (χ0n) is 14.4. The van der Waals surface area contributed by atoms with Gasteiger partial charge in [0.2, 0.25) is 4.96 Å². The molecule has 0 unspecified atom stereocenters. The first-order valence-corrected chi connectivity index (χ1v) is 8.64. The number of hydrogen-bond donors (Lipinski definition) is 1. The highest BCUT2D eigenvalue weighted by atomic mass is 32.1. The van der Waals surface area contributed by atoms with Gasteiger partial charge in [0, 0.05) is 17.4 Å². The van der Waals surface area contributed by atoms with E-state index in [0.717, 1.165) is 10.6 Å². The van der Waals surface area contributed by atoms with Crippen LogP contribution in [-0.2, 0) is 4.74 Å². The van der Waals surface area contributed by atoms with Crippen molar-refractivity contribution in [3.63, 3.8) is 0 Å². The van der Waals surface area contributed by atoms with Crippen LogP contribution in [0.15, 0.2) is 30.5 Å². The van der Waals surface area contributed by atoms with E-state index in [-0.39, 0.29) is 16.9 Å². The number of hydrogen-bond acceptors (Lipinski definition) is 8. The summed E-state index contributed by atoms with van der Waals surface area (Å²) in [5.74, 6) is 0.0855. The number of aromatic nitrogens is 5. The molecule has 4 rings (SSSR count). The Labute approximate surface area is 157 Å². The maximum Gasteiger partial charge on any atom is 0.357 e. The van der Waals surface area contributed by atoms with Crippen LogP contribution in [0.1, 0.15) is 21.9 Å². The van der Waals surface area contributed by atoms with E-state index in [1.54, 1.807) is 9.08 Å². The van der Waals surface area contributed by atoms with Crippen LogP contribution in [0.25, 0.3) is 21.2 Å². The normalized spacial score (nSPS) is 10.9. The second-order valence-electron chi connectivity index (χ2n) is 5.68. The maximum atomic E-state index is 12.2. The molecule has 0 bridgehead atoms. The van der Waals surface area contributed by atoms with Crippen molar-refractivity contribution in [3.05, 3.63) is 47.5 Å².